The van der Waals surface area contributed by atoms with Gasteiger partial charge >= 0.3 is 5.97 Å². The molecule has 36 heavy (non-hydrogen) atoms. The number of carbonyl (C=O) groups excluding carboxylic acids is 1. The van der Waals surface area contributed by atoms with E-state index in [1.54, 1.807) is 12.3 Å². The van der Waals surface area contributed by atoms with Gasteiger partial charge in [-0.2, -0.15) is 5.10 Å². The smallest absolute Gasteiger partial charge is 0.305 e. The van der Waals surface area contributed by atoms with Gasteiger partial charge in [0.1, 0.15) is 0 Å². The molecule has 6 nitrogen and oxygen atoms in total. The minimum absolute atomic E-state index is 0.0806. The third-order valence-corrected chi connectivity index (χ3v) is 6.60. The summed E-state index contributed by atoms with van der Waals surface area (Å²) in [6.45, 7) is 8.73. The minimum atomic E-state index is -0.939. The molecule has 1 heterocycles. The lowest BCUT2D eigenvalue weighted by Crippen LogP contribution is -2.25. The molecule has 0 aliphatic heterocycles. The number of nitrogens with zero attached hydrogens (tertiary/aromatic N) is 2. The maximum Gasteiger partial charge on any atom is 0.305 e. The molecule has 4 aromatic rings. The second-order valence-corrected chi connectivity index (χ2v) is 9.46. The number of rotatable bonds is 9. The first kappa shape index (κ1) is 25.2. The topological polar surface area (TPSA) is 84.2 Å². The Bertz CT molecular complexity index is 1380. The van der Waals surface area contributed by atoms with Crippen molar-refractivity contribution in [2.45, 2.75) is 53.0 Å². The van der Waals surface area contributed by atoms with Crippen LogP contribution in [0.2, 0.25) is 0 Å². The zero-order chi connectivity index (χ0) is 25.8. The summed E-state index contributed by atoms with van der Waals surface area (Å²) in [5.74, 6) is -1.22. The highest BCUT2D eigenvalue weighted by atomic mass is 16.4. The summed E-state index contributed by atoms with van der Waals surface area (Å²) in [7, 11) is 0. The van der Waals surface area contributed by atoms with E-state index in [4.69, 9.17) is 10.2 Å². The van der Waals surface area contributed by atoms with Gasteiger partial charge in [-0.1, -0.05) is 55.3 Å². The van der Waals surface area contributed by atoms with Crippen LogP contribution in [0.4, 0.5) is 0 Å². The first-order valence-corrected chi connectivity index (χ1v) is 12.4. The average molecular weight is 484 g/mol. The zero-order valence-electron chi connectivity index (χ0n) is 21.3. The number of aromatic nitrogens is 2. The normalized spacial score (nSPS) is 12.0. The molecule has 3 aromatic carbocycles. The van der Waals surface area contributed by atoms with Gasteiger partial charge in [0.15, 0.2) is 0 Å². The van der Waals surface area contributed by atoms with E-state index in [0.717, 1.165) is 23.7 Å². The predicted molar refractivity (Wildman–Crippen MR) is 143 cm³/mol. The maximum absolute atomic E-state index is 12.4. The summed E-state index contributed by atoms with van der Waals surface area (Å²) >= 11 is 0. The molecular formula is C30H33N3O3. The molecule has 0 saturated carbocycles. The molecule has 0 spiro atoms. The third-order valence-electron chi connectivity index (χ3n) is 6.60. The van der Waals surface area contributed by atoms with Gasteiger partial charge in [0.05, 0.1) is 24.2 Å². The first-order chi connectivity index (χ1) is 17.3. The highest BCUT2D eigenvalue weighted by Gasteiger charge is 2.18. The quantitative estimate of drug-likeness (QED) is 0.296. The number of aryl methyl sites for hydroxylation is 3. The fourth-order valence-corrected chi connectivity index (χ4v) is 5.04. The van der Waals surface area contributed by atoms with Crippen molar-refractivity contribution in [3.05, 3.63) is 88.6 Å². The lowest BCUT2D eigenvalue weighted by Gasteiger charge is -2.20. The zero-order valence-corrected chi connectivity index (χ0v) is 21.3. The number of carbonyl (C=O) groups is 2. The van der Waals surface area contributed by atoms with E-state index in [9.17, 15) is 9.59 Å². The summed E-state index contributed by atoms with van der Waals surface area (Å²) in [5.41, 5.74) is 9.00. The lowest BCUT2D eigenvalue weighted by atomic mass is 9.92. The van der Waals surface area contributed by atoms with Gasteiger partial charge in [-0.3, -0.25) is 14.3 Å². The molecule has 1 amide bonds. The maximum atomic E-state index is 12.4. The van der Waals surface area contributed by atoms with Crippen molar-refractivity contribution in [1.29, 1.82) is 0 Å². The fourth-order valence-electron chi connectivity index (χ4n) is 5.04. The van der Waals surface area contributed by atoms with Gasteiger partial charge in [0.2, 0.25) is 0 Å². The molecule has 0 bridgehead atoms. The predicted octanol–water partition coefficient (Wildman–Crippen LogP) is 6.22. The Morgan fingerprint density at radius 2 is 1.69 bits per heavy atom. The summed E-state index contributed by atoms with van der Waals surface area (Å²) < 4.78 is 2.04. The van der Waals surface area contributed by atoms with Crippen LogP contribution in [0.15, 0.2) is 60.8 Å². The molecule has 6 heteroatoms. The first-order valence-electron chi connectivity index (χ1n) is 12.4. The molecule has 0 saturated heterocycles. The van der Waals surface area contributed by atoms with E-state index in [1.165, 1.54) is 33.4 Å². The number of hydrogen-bond acceptors (Lipinski definition) is 3. The van der Waals surface area contributed by atoms with E-state index in [-0.39, 0.29) is 24.9 Å². The van der Waals surface area contributed by atoms with Crippen LogP contribution < -0.4 is 5.32 Å². The molecule has 186 valence electrons. The van der Waals surface area contributed by atoms with Crippen molar-refractivity contribution in [3.63, 3.8) is 0 Å². The summed E-state index contributed by atoms with van der Waals surface area (Å²) in [6.07, 6.45) is 3.63. The van der Waals surface area contributed by atoms with Crippen LogP contribution >= 0.6 is 0 Å². The van der Waals surface area contributed by atoms with Gasteiger partial charge in [-0.15, -0.1) is 0 Å². The van der Waals surface area contributed by atoms with E-state index < -0.39 is 5.97 Å². The molecular weight excluding hydrogens is 450 g/mol. The highest BCUT2D eigenvalue weighted by Crippen LogP contribution is 2.32. The van der Waals surface area contributed by atoms with Crippen LogP contribution in [0.25, 0.3) is 22.0 Å². The third kappa shape index (κ3) is 5.33. The molecule has 0 radical (unpaired) electrons. The van der Waals surface area contributed by atoms with Crippen molar-refractivity contribution in [3.8, 4) is 11.1 Å². The molecule has 4 rings (SSSR count). The largest absolute Gasteiger partial charge is 0.481 e. The summed E-state index contributed by atoms with van der Waals surface area (Å²) in [6, 6.07) is 18.8. The van der Waals surface area contributed by atoms with Crippen molar-refractivity contribution < 1.29 is 14.7 Å². The van der Waals surface area contributed by atoms with E-state index in [0.29, 0.717) is 5.56 Å². The van der Waals surface area contributed by atoms with Crippen molar-refractivity contribution in [2.75, 3.05) is 6.54 Å². The second kappa shape index (κ2) is 10.8. The van der Waals surface area contributed by atoms with Gasteiger partial charge in [-0.25, -0.2) is 0 Å². The Labute approximate surface area is 212 Å². The van der Waals surface area contributed by atoms with Crippen LogP contribution in [-0.2, 0) is 4.79 Å². The summed E-state index contributed by atoms with van der Waals surface area (Å²) in [5, 5.41) is 17.0. The highest BCUT2D eigenvalue weighted by molar-refractivity contribution is 5.98. The van der Waals surface area contributed by atoms with Gasteiger partial charge in [-0.05, 0) is 73.2 Å². The number of nitrogens with one attached hydrogen (secondary N) is 1. The number of aliphatic carboxylic acids is 1. The number of amides is 1. The molecule has 0 unspecified atom stereocenters. The molecule has 1 aromatic heterocycles. The van der Waals surface area contributed by atoms with E-state index in [2.05, 4.69) is 69.4 Å². The minimum Gasteiger partial charge on any atom is -0.481 e. The van der Waals surface area contributed by atoms with Gasteiger partial charge in [0.25, 0.3) is 5.91 Å². The average Bonchev–Trinajstić information content (AvgIpc) is 3.25. The van der Waals surface area contributed by atoms with Crippen molar-refractivity contribution >= 4 is 22.8 Å². The number of fused-ring (bicyclic) bond motifs is 1. The Kier molecular flexibility index (Phi) is 7.53. The Balaban J connectivity index is 1.62. The van der Waals surface area contributed by atoms with E-state index in [1.807, 2.05) is 16.8 Å². The Morgan fingerprint density at radius 3 is 2.33 bits per heavy atom. The second-order valence-electron chi connectivity index (χ2n) is 9.46. The van der Waals surface area contributed by atoms with Gasteiger partial charge in [0, 0.05) is 17.5 Å². The molecule has 0 fully saturated rings. The van der Waals surface area contributed by atoms with Crippen LogP contribution in [0.3, 0.4) is 0 Å². The number of hydrogen-bond donors (Lipinski definition) is 2. The summed E-state index contributed by atoms with van der Waals surface area (Å²) in [4.78, 5) is 23.1. The Hall–Kier alpha value is -3.93. The molecule has 0 aliphatic rings. The van der Waals surface area contributed by atoms with E-state index >= 15 is 0 Å². The number of benzene rings is 3. The van der Waals surface area contributed by atoms with Crippen LogP contribution in [0.5, 0.6) is 0 Å². The number of carboxylic acid groups (broad SMARTS) is 1. The molecule has 0 aliphatic carbocycles. The van der Waals surface area contributed by atoms with Crippen LogP contribution in [0.1, 0.15) is 64.8 Å². The van der Waals surface area contributed by atoms with Crippen molar-refractivity contribution in [2.24, 2.45) is 0 Å². The lowest BCUT2D eigenvalue weighted by molar-refractivity contribution is -0.136. The fraction of sp³-hybridized carbons (Fsp3) is 0.300. The van der Waals surface area contributed by atoms with Crippen molar-refractivity contribution in [1.82, 2.24) is 15.1 Å². The van der Waals surface area contributed by atoms with Crippen LogP contribution in [0, 0.1) is 20.8 Å². The molecule has 2 N–H and O–H groups in total. The SMILES string of the molecule is CCC[C@@H](c1ccc(-c2c(C)cc(C)cc2C)cc1)n1ncc2cc(C(=O)NCCC(=O)O)ccc21. The monoisotopic (exact) mass is 483 g/mol. The van der Waals surface area contributed by atoms with Gasteiger partial charge < -0.3 is 10.4 Å². The number of carboxylic acids is 1. The van der Waals surface area contributed by atoms with Crippen LogP contribution in [-0.4, -0.2) is 33.3 Å². The Morgan fingerprint density at radius 1 is 1.00 bits per heavy atom. The standard InChI is InChI=1S/C30H33N3O3/c1-5-6-26(22-7-9-23(10-8-22)29-20(3)15-19(2)16-21(29)4)33-27-12-11-24(17-25(27)18-32-33)30(36)31-14-13-28(34)35/h7-12,15-18,26H,5-6,13-14H2,1-4H3,(H,31,36)(H,34,35)/t26-/m0/s1. The molecule has 1 atom stereocenters.